The Balaban J connectivity index is 2.24. The van der Waals surface area contributed by atoms with E-state index in [0.29, 0.717) is 5.15 Å². The second-order valence-corrected chi connectivity index (χ2v) is 5.49. The van der Waals surface area contributed by atoms with Crippen molar-refractivity contribution < 1.29 is 0 Å². The lowest BCUT2D eigenvalue weighted by atomic mass is 10.4. The van der Waals surface area contributed by atoms with E-state index in [1.165, 1.54) is 4.21 Å². The van der Waals surface area contributed by atoms with Crippen LogP contribution in [0.2, 0.25) is 5.15 Å². The van der Waals surface area contributed by atoms with Gasteiger partial charge in [0.05, 0.1) is 4.21 Å². The first-order valence-corrected chi connectivity index (χ1v) is 6.60. The van der Waals surface area contributed by atoms with Crippen LogP contribution < -0.4 is 0 Å². The third-order valence-corrected chi connectivity index (χ3v) is 3.88. The van der Waals surface area contributed by atoms with Crippen molar-refractivity contribution in [3.05, 3.63) is 34.6 Å². The minimum Gasteiger partial charge on any atom is -0.226 e. The maximum absolute atomic E-state index is 5.91. The summed E-state index contributed by atoms with van der Waals surface area (Å²) in [5.74, 6) is 0.793. The number of hydrogen-bond acceptors (Lipinski definition) is 4. The zero-order valence-electron chi connectivity index (χ0n) is 8.11. The maximum atomic E-state index is 5.91. The lowest BCUT2D eigenvalue weighted by molar-refractivity contribution is 0.889. The molecule has 0 saturated heterocycles. The van der Waals surface area contributed by atoms with Crippen LogP contribution >= 0.6 is 34.7 Å². The molecule has 2 rings (SSSR count). The van der Waals surface area contributed by atoms with Crippen molar-refractivity contribution in [2.45, 2.75) is 22.6 Å². The predicted octanol–water partition coefficient (Wildman–Crippen LogP) is 3.91. The van der Waals surface area contributed by atoms with Crippen molar-refractivity contribution >= 4 is 34.7 Å². The summed E-state index contributed by atoms with van der Waals surface area (Å²) in [6.07, 6.45) is 0.804. The van der Waals surface area contributed by atoms with E-state index in [1.54, 1.807) is 29.2 Å². The first kappa shape index (κ1) is 10.9. The number of hydrogen-bond donors (Lipinski definition) is 0. The molecule has 0 bridgehead atoms. The van der Waals surface area contributed by atoms with Crippen LogP contribution in [-0.4, -0.2) is 9.97 Å². The molecule has 0 fully saturated rings. The van der Waals surface area contributed by atoms with Crippen LogP contribution in [0.15, 0.2) is 32.8 Å². The van der Waals surface area contributed by atoms with Gasteiger partial charge >= 0.3 is 0 Å². The van der Waals surface area contributed by atoms with Crippen molar-refractivity contribution in [3.8, 4) is 0 Å². The highest BCUT2D eigenvalue weighted by Crippen LogP contribution is 2.30. The second kappa shape index (κ2) is 4.96. The molecule has 0 aliphatic carbocycles. The summed E-state index contributed by atoms with van der Waals surface area (Å²) in [4.78, 5) is 8.53. The Hall–Kier alpha value is -0.580. The fourth-order valence-corrected chi connectivity index (χ4v) is 3.08. The van der Waals surface area contributed by atoms with Crippen molar-refractivity contribution in [1.82, 2.24) is 9.97 Å². The number of rotatable bonds is 3. The number of nitrogens with zero attached hydrogens (tertiary/aromatic N) is 2. The van der Waals surface area contributed by atoms with E-state index in [4.69, 9.17) is 11.6 Å². The van der Waals surface area contributed by atoms with E-state index in [2.05, 4.69) is 16.0 Å². The van der Waals surface area contributed by atoms with Gasteiger partial charge in [-0.3, -0.25) is 0 Å². The first-order valence-electron chi connectivity index (χ1n) is 4.52. The molecule has 0 saturated carbocycles. The van der Waals surface area contributed by atoms with Gasteiger partial charge in [-0.05, 0) is 11.4 Å². The van der Waals surface area contributed by atoms with Crippen LogP contribution in [0, 0.1) is 0 Å². The fraction of sp³-hybridized carbons (Fsp3) is 0.200. The minimum absolute atomic E-state index is 0.515. The standard InChI is InChI=1S/C10H9ClN2S2/c1-2-8-12-7(11)6-9(13-8)15-10-4-3-5-14-10/h3-6H,2H2,1H3. The Kier molecular flexibility index (Phi) is 3.61. The molecule has 2 aromatic rings. The normalized spacial score (nSPS) is 10.5. The average Bonchev–Trinajstić information content (AvgIpc) is 2.69. The molecule has 5 heteroatoms. The zero-order chi connectivity index (χ0) is 10.7. The number of aryl methyl sites for hydroxylation is 1. The van der Waals surface area contributed by atoms with Crippen molar-refractivity contribution in [1.29, 1.82) is 0 Å². The van der Waals surface area contributed by atoms with Crippen LogP contribution in [0.5, 0.6) is 0 Å². The summed E-state index contributed by atoms with van der Waals surface area (Å²) in [5.41, 5.74) is 0. The van der Waals surface area contributed by atoms with Gasteiger partial charge in [0, 0.05) is 12.5 Å². The van der Waals surface area contributed by atoms with Gasteiger partial charge in [0.1, 0.15) is 16.0 Å². The molecular weight excluding hydrogens is 248 g/mol. The molecule has 0 unspecified atom stereocenters. The van der Waals surface area contributed by atoms with E-state index in [9.17, 15) is 0 Å². The van der Waals surface area contributed by atoms with Crippen LogP contribution in [0.25, 0.3) is 0 Å². The van der Waals surface area contributed by atoms with E-state index in [-0.39, 0.29) is 0 Å². The molecule has 2 heterocycles. The summed E-state index contributed by atoms with van der Waals surface area (Å²) in [7, 11) is 0. The van der Waals surface area contributed by atoms with Crippen molar-refractivity contribution in [2.75, 3.05) is 0 Å². The predicted molar refractivity (Wildman–Crippen MR) is 64.9 cm³/mol. The third-order valence-electron chi connectivity index (χ3n) is 1.73. The summed E-state index contributed by atoms with van der Waals surface area (Å²) < 4.78 is 1.21. The van der Waals surface area contributed by atoms with E-state index < -0.39 is 0 Å². The van der Waals surface area contributed by atoms with Gasteiger partial charge in [0.2, 0.25) is 0 Å². The van der Waals surface area contributed by atoms with Crippen LogP contribution in [0.3, 0.4) is 0 Å². The highest BCUT2D eigenvalue weighted by atomic mass is 35.5. The van der Waals surface area contributed by atoms with E-state index >= 15 is 0 Å². The monoisotopic (exact) mass is 256 g/mol. The lowest BCUT2D eigenvalue weighted by Gasteiger charge is -2.01. The minimum atomic E-state index is 0.515. The fourth-order valence-electron chi connectivity index (χ4n) is 1.08. The SMILES string of the molecule is CCc1nc(Cl)cc(Sc2cccs2)n1. The summed E-state index contributed by atoms with van der Waals surface area (Å²) in [6, 6.07) is 5.89. The Morgan fingerprint density at radius 1 is 1.47 bits per heavy atom. The van der Waals surface area contributed by atoms with Gasteiger partial charge in [-0.25, -0.2) is 9.97 Å². The summed E-state index contributed by atoms with van der Waals surface area (Å²) >= 11 is 9.23. The smallest absolute Gasteiger partial charge is 0.133 e. The highest BCUT2D eigenvalue weighted by molar-refractivity contribution is 8.01. The quantitative estimate of drug-likeness (QED) is 0.779. The molecule has 0 aromatic carbocycles. The molecule has 78 valence electrons. The van der Waals surface area contributed by atoms with Crippen LogP contribution in [0.4, 0.5) is 0 Å². The Morgan fingerprint density at radius 2 is 2.33 bits per heavy atom. The van der Waals surface area contributed by atoms with Gasteiger partial charge in [-0.15, -0.1) is 11.3 Å². The molecule has 2 aromatic heterocycles. The third kappa shape index (κ3) is 2.93. The molecule has 2 nitrogen and oxygen atoms in total. The number of halogens is 1. The lowest BCUT2D eigenvalue weighted by Crippen LogP contribution is -1.93. The number of thiophene rings is 1. The van der Waals surface area contributed by atoms with Crippen LogP contribution in [0.1, 0.15) is 12.7 Å². The summed E-state index contributed by atoms with van der Waals surface area (Å²) in [6.45, 7) is 2.02. The topological polar surface area (TPSA) is 25.8 Å². The largest absolute Gasteiger partial charge is 0.226 e. The molecule has 0 radical (unpaired) electrons. The Labute approximate surface area is 102 Å². The van der Waals surface area contributed by atoms with Gasteiger partial charge in [-0.1, -0.05) is 36.4 Å². The average molecular weight is 257 g/mol. The van der Waals surface area contributed by atoms with E-state index in [1.807, 2.05) is 18.4 Å². The maximum Gasteiger partial charge on any atom is 0.133 e. The first-order chi connectivity index (χ1) is 7.28. The molecule has 15 heavy (non-hydrogen) atoms. The van der Waals surface area contributed by atoms with Crippen LogP contribution in [-0.2, 0) is 6.42 Å². The molecule has 0 spiro atoms. The highest BCUT2D eigenvalue weighted by Gasteiger charge is 2.04. The molecule has 0 amide bonds. The summed E-state index contributed by atoms with van der Waals surface area (Å²) in [5, 5.41) is 3.47. The van der Waals surface area contributed by atoms with Crippen molar-refractivity contribution in [2.24, 2.45) is 0 Å². The number of aromatic nitrogens is 2. The Morgan fingerprint density at radius 3 is 3.00 bits per heavy atom. The van der Waals surface area contributed by atoms with Gasteiger partial charge in [0.25, 0.3) is 0 Å². The molecule has 0 aliphatic rings. The Bertz CT molecular complexity index is 443. The zero-order valence-corrected chi connectivity index (χ0v) is 10.5. The molecule has 0 aliphatic heterocycles. The molecule has 0 atom stereocenters. The van der Waals surface area contributed by atoms with Gasteiger partial charge in [-0.2, -0.15) is 0 Å². The molecular formula is C10H9ClN2S2. The molecule has 0 N–H and O–H groups in total. The van der Waals surface area contributed by atoms with Crippen molar-refractivity contribution in [3.63, 3.8) is 0 Å². The van der Waals surface area contributed by atoms with Gasteiger partial charge in [0.15, 0.2) is 0 Å². The second-order valence-electron chi connectivity index (χ2n) is 2.83. The van der Waals surface area contributed by atoms with E-state index in [0.717, 1.165) is 17.3 Å². The van der Waals surface area contributed by atoms with Gasteiger partial charge < -0.3 is 0 Å².